The van der Waals surface area contributed by atoms with Crippen molar-refractivity contribution in [3.8, 4) is 0 Å². The predicted octanol–water partition coefficient (Wildman–Crippen LogP) is 2.70. The molecule has 2 heterocycles. The van der Waals surface area contributed by atoms with Crippen LogP contribution in [0.3, 0.4) is 0 Å². The highest BCUT2D eigenvalue weighted by Gasteiger charge is 2.12. The van der Waals surface area contributed by atoms with Crippen LogP contribution in [0.15, 0.2) is 42.6 Å². The molecule has 20 heavy (non-hydrogen) atoms. The molecule has 0 aliphatic heterocycles. The number of halogens is 2. The van der Waals surface area contributed by atoms with Gasteiger partial charge in [-0.05, 0) is 29.8 Å². The fourth-order valence-electron chi connectivity index (χ4n) is 2.22. The zero-order chi connectivity index (χ0) is 14.1. The summed E-state index contributed by atoms with van der Waals surface area (Å²) in [6.45, 7) is -0.235. The molecular formula is C15H12F2N2O. The summed E-state index contributed by atoms with van der Waals surface area (Å²) >= 11 is 0. The maximum Gasteiger partial charge on any atom is 0.139 e. The molecule has 0 spiro atoms. The Hall–Kier alpha value is -2.27. The molecule has 3 nitrogen and oxygen atoms in total. The summed E-state index contributed by atoms with van der Waals surface area (Å²) in [4.78, 5) is 4.38. The smallest absolute Gasteiger partial charge is 0.139 e. The number of rotatable bonds is 3. The lowest BCUT2D eigenvalue weighted by atomic mass is 10.1. The molecule has 3 rings (SSSR count). The van der Waals surface area contributed by atoms with Crippen molar-refractivity contribution in [3.63, 3.8) is 0 Å². The van der Waals surface area contributed by atoms with Crippen LogP contribution in [-0.4, -0.2) is 14.5 Å². The topological polar surface area (TPSA) is 37.5 Å². The minimum Gasteiger partial charge on any atom is -0.390 e. The maximum atomic E-state index is 13.3. The summed E-state index contributed by atoms with van der Waals surface area (Å²) < 4.78 is 27.7. The Kier molecular flexibility index (Phi) is 3.20. The maximum absolute atomic E-state index is 13.3. The molecule has 5 heteroatoms. The Morgan fingerprint density at radius 2 is 1.70 bits per heavy atom. The van der Waals surface area contributed by atoms with Gasteiger partial charge in [-0.25, -0.2) is 13.8 Å². The molecule has 0 saturated heterocycles. The third kappa shape index (κ3) is 2.28. The number of hydrogen-bond donors (Lipinski definition) is 1. The van der Waals surface area contributed by atoms with Crippen molar-refractivity contribution >= 4 is 5.65 Å². The first-order valence-corrected chi connectivity index (χ1v) is 6.18. The molecule has 2 aromatic heterocycles. The van der Waals surface area contributed by atoms with Gasteiger partial charge in [0.05, 0.1) is 18.0 Å². The van der Waals surface area contributed by atoms with Crippen LogP contribution in [0.25, 0.3) is 5.65 Å². The fraction of sp³-hybridized carbons (Fsp3) is 0.133. The standard InChI is InChI=1S/C15H12F2N2O/c16-11-3-1-10(2-4-11)7-13-14(9-20)19-8-12(17)5-6-15(19)18-13/h1-6,8,20H,7,9H2. The Labute approximate surface area is 114 Å². The van der Waals surface area contributed by atoms with Gasteiger partial charge >= 0.3 is 0 Å². The second-order valence-electron chi connectivity index (χ2n) is 4.54. The van der Waals surface area contributed by atoms with Gasteiger partial charge in [0.2, 0.25) is 0 Å². The van der Waals surface area contributed by atoms with Crippen molar-refractivity contribution in [2.24, 2.45) is 0 Å². The summed E-state index contributed by atoms with van der Waals surface area (Å²) in [5.41, 5.74) is 2.66. The first-order chi connectivity index (χ1) is 9.67. The second kappa shape index (κ2) is 5.02. The number of aliphatic hydroxyl groups is 1. The largest absolute Gasteiger partial charge is 0.390 e. The number of pyridine rings is 1. The lowest BCUT2D eigenvalue weighted by molar-refractivity contribution is 0.274. The molecule has 0 aliphatic carbocycles. The molecule has 3 aromatic rings. The van der Waals surface area contributed by atoms with Gasteiger partial charge in [-0.15, -0.1) is 0 Å². The third-order valence-electron chi connectivity index (χ3n) is 3.20. The number of aliphatic hydroxyl groups excluding tert-OH is 1. The van der Waals surface area contributed by atoms with Crippen molar-refractivity contribution in [3.05, 3.63) is 71.2 Å². The average Bonchev–Trinajstić information content (AvgIpc) is 2.78. The van der Waals surface area contributed by atoms with Crippen LogP contribution in [0.5, 0.6) is 0 Å². The number of imidazole rings is 1. The van der Waals surface area contributed by atoms with Crippen LogP contribution in [0, 0.1) is 11.6 Å². The molecule has 0 saturated carbocycles. The Morgan fingerprint density at radius 1 is 1.00 bits per heavy atom. The summed E-state index contributed by atoms with van der Waals surface area (Å²) in [6, 6.07) is 8.98. The van der Waals surface area contributed by atoms with Crippen LogP contribution in [0.1, 0.15) is 17.0 Å². The Morgan fingerprint density at radius 3 is 2.40 bits per heavy atom. The fourth-order valence-corrected chi connectivity index (χ4v) is 2.22. The van der Waals surface area contributed by atoms with E-state index in [1.807, 2.05) is 0 Å². The van der Waals surface area contributed by atoms with Crippen LogP contribution in [0.2, 0.25) is 0 Å². The van der Waals surface area contributed by atoms with Gasteiger partial charge in [-0.1, -0.05) is 12.1 Å². The molecule has 0 fully saturated rings. The van der Waals surface area contributed by atoms with Crippen LogP contribution >= 0.6 is 0 Å². The molecule has 1 N–H and O–H groups in total. The van der Waals surface area contributed by atoms with Crippen molar-refractivity contribution in [2.45, 2.75) is 13.0 Å². The van der Waals surface area contributed by atoms with Gasteiger partial charge in [0.25, 0.3) is 0 Å². The van der Waals surface area contributed by atoms with Crippen LogP contribution < -0.4 is 0 Å². The van der Waals surface area contributed by atoms with Crippen LogP contribution in [-0.2, 0) is 13.0 Å². The van der Waals surface area contributed by atoms with Gasteiger partial charge in [0.15, 0.2) is 0 Å². The average molecular weight is 274 g/mol. The lowest BCUT2D eigenvalue weighted by Gasteiger charge is -2.02. The molecule has 0 atom stereocenters. The van der Waals surface area contributed by atoms with E-state index in [2.05, 4.69) is 4.98 Å². The quantitative estimate of drug-likeness (QED) is 0.797. The van der Waals surface area contributed by atoms with E-state index in [9.17, 15) is 13.9 Å². The highest BCUT2D eigenvalue weighted by molar-refractivity contribution is 5.44. The Bertz CT molecular complexity index is 750. The second-order valence-corrected chi connectivity index (χ2v) is 4.54. The van der Waals surface area contributed by atoms with E-state index in [1.165, 1.54) is 28.8 Å². The predicted molar refractivity (Wildman–Crippen MR) is 70.3 cm³/mol. The van der Waals surface area contributed by atoms with E-state index >= 15 is 0 Å². The van der Waals surface area contributed by atoms with Gasteiger partial charge in [0, 0.05) is 12.6 Å². The van der Waals surface area contributed by atoms with E-state index in [4.69, 9.17) is 0 Å². The Balaban J connectivity index is 2.04. The van der Waals surface area contributed by atoms with Gasteiger partial charge in [-0.3, -0.25) is 4.40 Å². The monoisotopic (exact) mass is 274 g/mol. The van der Waals surface area contributed by atoms with E-state index in [-0.39, 0.29) is 12.4 Å². The zero-order valence-corrected chi connectivity index (χ0v) is 10.6. The van der Waals surface area contributed by atoms with Crippen molar-refractivity contribution in [1.82, 2.24) is 9.38 Å². The van der Waals surface area contributed by atoms with E-state index in [1.54, 1.807) is 18.2 Å². The van der Waals surface area contributed by atoms with Crippen molar-refractivity contribution < 1.29 is 13.9 Å². The number of hydrogen-bond acceptors (Lipinski definition) is 2. The number of nitrogens with zero attached hydrogens (tertiary/aromatic N) is 2. The normalized spacial score (nSPS) is 11.2. The molecule has 0 unspecified atom stereocenters. The molecule has 0 bridgehead atoms. The van der Waals surface area contributed by atoms with Crippen molar-refractivity contribution in [2.75, 3.05) is 0 Å². The number of fused-ring (bicyclic) bond motifs is 1. The van der Waals surface area contributed by atoms with E-state index < -0.39 is 5.82 Å². The number of benzene rings is 1. The van der Waals surface area contributed by atoms with E-state index in [0.29, 0.717) is 23.5 Å². The van der Waals surface area contributed by atoms with Crippen molar-refractivity contribution in [1.29, 1.82) is 0 Å². The highest BCUT2D eigenvalue weighted by atomic mass is 19.1. The third-order valence-corrected chi connectivity index (χ3v) is 3.20. The SMILES string of the molecule is OCc1c(Cc2ccc(F)cc2)nc2ccc(F)cn12. The minimum atomic E-state index is -0.391. The first kappa shape index (κ1) is 12.7. The molecule has 1 aromatic carbocycles. The first-order valence-electron chi connectivity index (χ1n) is 6.18. The van der Waals surface area contributed by atoms with E-state index in [0.717, 1.165) is 5.56 Å². The van der Waals surface area contributed by atoms with Gasteiger partial charge < -0.3 is 5.11 Å². The summed E-state index contributed by atoms with van der Waals surface area (Å²) in [5, 5.41) is 9.48. The van der Waals surface area contributed by atoms with Gasteiger partial charge in [0.1, 0.15) is 17.3 Å². The lowest BCUT2D eigenvalue weighted by Crippen LogP contribution is -1.98. The van der Waals surface area contributed by atoms with Crippen LogP contribution in [0.4, 0.5) is 8.78 Å². The zero-order valence-electron chi connectivity index (χ0n) is 10.6. The summed E-state index contributed by atoms with van der Waals surface area (Å²) in [5.74, 6) is -0.689. The molecule has 0 radical (unpaired) electrons. The summed E-state index contributed by atoms with van der Waals surface area (Å²) in [7, 11) is 0. The number of aromatic nitrogens is 2. The molecule has 102 valence electrons. The molecule has 0 amide bonds. The summed E-state index contributed by atoms with van der Waals surface area (Å²) in [6.07, 6.45) is 1.75. The highest BCUT2D eigenvalue weighted by Crippen LogP contribution is 2.17. The minimum absolute atomic E-state index is 0.235. The van der Waals surface area contributed by atoms with Gasteiger partial charge in [-0.2, -0.15) is 0 Å². The molecular weight excluding hydrogens is 262 g/mol. The molecule has 0 aliphatic rings.